The summed E-state index contributed by atoms with van der Waals surface area (Å²) in [6.45, 7) is 6.56. The molecule has 1 saturated heterocycles. The van der Waals surface area contributed by atoms with E-state index >= 15 is 0 Å². The molecule has 2 rings (SSSR count). The van der Waals surface area contributed by atoms with Crippen molar-refractivity contribution in [1.29, 1.82) is 0 Å². The van der Waals surface area contributed by atoms with Gasteiger partial charge in [-0.25, -0.2) is 0 Å². The number of aliphatic hydroxyl groups is 1. The van der Waals surface area contributed by atoms with Crippen molar-refractivity contribution in [3.05, 3.63) is 28.2 Å². The van der Waals surface area contributed by atoms with Crippen molar-refractivity contribution in [2.24, 2.45) is 0 Å². The maximum absolute atomic E-state index is 10.9. The molecule has 0 amide bonds. The Balaban J connectivity index is 2.17. The van der Waals surface area contributed by atoms with Crippen molar-refractivity contribution in [2.45, 2.75) is 51.2 Å². The van der Waals surface area contributed by atoms with E-state index in [0.29, 0.717) is 6.42 Å². The molecular formula is C17H26BrNO2. The first-order valence-electron chi connectivity index (χ1n) is 7.76. The van der Waals surface area contributed by atoms with E-state index in [4.69, 9.17) is 4.74 Å². The molecule has 1 aliphatic heterocycles. The third-order valence-electron chi connectivity index (χ3n) is 4.93. The first-order valence-corrected chi connectivity index (χ1v) is 8.56. The Labute approximate surface area is 136 Å². The normalized spacial score (nSPS) is 20.2. The molecule has 0 bridgehead atoms. The number of halogens is 1. The van der Waals surface area contributed by atoms with Crippen LogP contribution in [0.2, 0.25) is 0 Å². The lowest BCUT2D eigenvalue weighted by Crippen LogP contribution is -2.53. The molecule has 1 aromatic rings. The first-order chi connectivity index (χ1) is 10.0. The summed E-state index contributed by atoms with van der Waals surface area (Å²) in [5.74, 6) is 0.833. The Hall–Kier alpha value is -0.580. The minimum absolute atomic E-state index is 0.154. The lowest BCUT2D eigenvalue weighted by molar-refractivity contribution is -0.0118. The summed E-state index contributed by atoms with van der Waals surface area (Å²) >= 11 is 3.58. The third-order valence-corrected chi connectivity index (χ3v) is 5.70. The summed E-state index contributed by atoms with van der Waals surface area (Å²) in [6.07, 6.45) is 3.69. The van der Waals surface area contributed by atoms with E-state index in [0.717, 1.165) is 35.3 Å². The first kappa shape index (κ1) is 16.8. The number of benzene rings is 1. The van der Waals surface area contributed by atoms with Gasteiger partial charge in [0, 0.05) is 16.4 Å². The van der Waals surface area contributed by atoms with Gasteiger partial charge in [-0.1, -0.05) is 22.9 Å². The monoisotopic (exact) mass is 355 g/mol. The highest BCUT2D eigenvalue weighted by Crippen LogP contribution is 2.32. The van der Waals surface area contributed by atoms with Gasteiger partial charge in [-0.05, 0) is 63.0 Å². The van der Waals surface area contributed by atoms with Crippen LogP contribution in [0, 0.1) is 0 Å². The fourth-order valence-electron chi connectivity index (χ4n) is 3.16. The molecule has 1 aliphatic rings. The Morgan fingerprint density at radius 2 is 2.05 bits per heavy atom. The van der Waals surface area contributed by atoms with Crippen LogP contribution < -0.4 is 4.74 Å². The zero-order valence-electron chi connectivity index (χ0n) is 13.2. The van der Waals surface area contributed by atoms with E-state index in [1.165, 1.54) is 12.8 Å². The van der Waals surface area contributed by atoms with Crippen LogP contribution in [0.25, 0.3) is 0 Å². The largest absolute Gasteiger partial charge is 0.497 e. The summed E-state index contributed by atoms with van der Waals surface area (Å²) < 4.78 is 6.32. The van der Waals surface area contributed by atoms with E-state index in [2.05, 4.69) is 34.7 Å². The van der Waals surface area contributed by atoms with Gasteiger partial charge in [0.2, 0.25) is 0 Å². The standard InChI is InChI=1S/C17H26BrNO2/c1-4-17(2,19-9-5-6-10-19)16(20)12-13-11-14(21-3)7-8-15(13)18/h7-8,11,16,20H,4-6,9-10,12H2,1-3H3. The molecule has 1 N–H and O–H groups in total. The van der Waals surface area contributed by atoms with Crippen molar-refractivity contribution >= 4 is 15.9 Å². The average Bonchev–Trinajstić information content (AvgIpc) is 3.03. The number of methoxy groups -OCH3 is 1. The predicted molar refractivity (Wildman–Crippen MR) is 89.9 cm³/mol. The van der Waals surface area contributed by atoms with E-state index in [1.807, 2.05) is 18.2 Å². The van der Waals surface area contributed by atoms with Crippen molar-refractivity contribution in [1.82, 2.24) is 4.90 Å². The molecule has 2 unspecified atom stereocenters. The maximum atomic E-state index is 10.9. The molecule has 0 aromatic heterocycles. The van der Waals surface area contributed by atoms with Crippen LogP contribution in [0.3, 0.4) is 0 Å². The summed E-state index contributed by atoms with van der Waals surface area (Å²) in [7, 11) is 1.67. The Bertz CT molecular complexity index is 474. The Morgan fingerprint density at radius 3 is 2.62 bits per heavy atom. The molecule has 21 heavy (non-hydrogen) atoms. The molecule has 0 saturated carbocycles. The SMILES string of the molecule is CCC(C)(C(O)Cc1cc(OC)ccc1Br)N1CCCC1. The molecule has 4 heteroatoms. The number of hydrogen-bond acceptors (Lipinski definition) is 3. The van der Waals surface area contributed by atoms with Crippen LogP contribution >= 0.6 is 15.9 Å². The molecule has 118 valence electrons. The highest BCUT2D eigenvalue weighted by atomic mass is 79.9. The fourth-order valence-corrected chi connectivity index (χ4v) is 3.57. The van der Waals surface area contributed by atoms with Crippen LogP contribution in [0.5, 0.6) is 5.75 Å². The van der Waals surface area contributed by atoms with Crippen LogP contribution in [0.15, 0.2) is 22.7 Å². The highest BCUT2D eigenvalue weighted by Gasteiger charge is 2.38. The van der Waals surface area contributed by atoms with Gasteiger partial charge in [0.25, 0.3) is 0 Å². The lowest BCUT2D eigenvalue weighted by Gasteiger charge is -2.42. The van der Waals surface area contributed by atoms with Gasteiger partial charge in [0.15, 0.2) is 0 Å². The second-order valence-corrected chi connectivity index (χ2v) is 6.94. The second-order valence-electron chi connectivity index (χ2n) is 6.08. The van der Waals surface area contributed by atoms with E-state index in [1.54, 1.807) is 7.11 Å². The van der Waals surface area contributed by atoms with Gasteiger partial charge in [-0.3, -0.25) is 4.90 Å². The second kappa shape index (κ2) is 7.12. The molecule has 3 nitrogen and oxygen atoms in total. The fraction of sp³-hybridized carbons (Fsp3) is 0.647. The number of nitrogens with zero attached hydrogens (tertiary/aromatic N) is 1. The van der Waals surface area contributed by atoms with Crippen LogP contribution in [-0.4, -0.2) is 41.8 Å². The van der Waals surface area contributed by atoms with Gasteiger partial charge in [0.05, 0.1) is 13.2 Å². The summed E-state index contributed by atoms with van der Waals surface area (Å²) in [5, 5.41) is 10.9. The van der Waals surface area contributed by atoms with Crippen molar-refractivity contribution < 1.29 is 9.84 Å². The van der Waals surface area contributed by atoms with Crippen LogP contribution in [-0.2, 0) is 6.42 Å². The smallest absolute Gasteiger partial charge is 0.119 e. The zero-order chi connectivity index (χ0) is 15.5. The number of hydrogen-bond donors (Lipinski definition) is 1. The van der Waals surface area contributed by atoms with Gasteiger partial charge in [-0.15, -0.1) is 0 Å². The molecule has 0 spiro atoms. The molecule has 0 radical (unpaired) electrons. The minimum Gasteiger partial charge on any atom is -0.497 e. The zero-order valence-corrected chi connectivity index (χ0v) is 14.8. The lowest BCUT2D eigenvalue weighted by atomic mass is 9.86. The van der Waals surface area contributed by atoms with Crippen LogP contribution in [0.1, 0.15) is 38.7 Å². The summed E-state index contributed by atoms with van der Waals surface area (Å²) in [4.78, 5) is 2.45. The number of rotatable bonds is 6. The number of ether oxygens (including phenoxy) is 1. The van der Waals surface area contributed by atoms with Gasteiger partial charge >= 0.3 is 0 Å². The number of likely N-dealkylation sites (tertiary alicyclic amines) is 1. The van der Waals surface area contributed by atoms with Gasteiger partial charge in [-0.2, -0.15) is 0 Å². The Morgan fingerprint density at radius 1 is 1.38 bits per heavy atom. The molecule has 1 aromatic carbocycles. The quantitative estimate of drug-likeness (QED) is 0.845. The van der Waals surface area contributed by atoms with Crippen LogP contribution in [0.4, 0.5) is 0 Å². The van der Waals surface area contributed by atoms with Crippen molar-refractivity contribution in [3.8, 4) is 5.75 Å². The minimum atomic E-state index is -0.385. The molecule has 1 fully saturated rings. The summed E-state index contributed by atoms with van der Waals surface area (Å²) in [5.41, 5.74) is 0.944. The molecule has 0 aliphatic carbocycles. The number of aliphatic hydroxyl groups excluding tert-OH is 1. The van der Waals surface area contributed by atoms with Gasteiger partial charge < -0.3 is 9.84 Å². The average molecular weight is 356 g/mol. The molecular weight excluding hydrogens is 330 g/mol. The van der Waals surface area contributed by atoms with Gasteiger partial charge in [0.1, 0.15) is 5.75 Å². The summed E-state index contributed by atoms with van der Waals surface area (Å²) in [6, 6.07) is 5.92. The topological polar surface area (TPSA) is 32.7 Å². The van der Waals surface area contributed by atoms with Crippen molar-refractivity contribution in [3.63, 3.8) is 0 Å². The molecule has 2 atom stereocenters. The Kier molecular flexibility index (Phi) is 5.69. The van der Waals surface area contributed by atoms with E-state index in [-0.39, 0.29) is 11.6 Å². The molecule has 1 heterocycles. The van der Waals surface area contributed by atoms with E-state index in [9.17, 15) is 5.11 Å². The van der Waals surface area contributed by atoms with E-state index < -0.39 is 0 Å². The third kappa shape index (κ3) is 3.61. The maximum Gasteiger partial charge on any atom is 0.119 e. The predicted octanol–water partition coefficient (Wildman–Crippen LogP) is 3.63. The highest BCUT2D eigenvalue weighted by molar-refractivity contribution is 9.10. The van der Waals surface area contributed by atoms with Crippen molar-refractivity contribution in [2.75, 3.05) is 20.2 Å².